The molecule has 1 fully saturated rings. The second kappa shape index (κ2) is 9.87. The maximum atomic E-state index is 13.3. The maximum Gasteiger partial charge on any atom is 0.244 e. The van der Waals surface area contributed by atoms with Gasteiger partial charge < -0.3 is 10.2 Å². The molecule has 0 unspecified atom stereocenters. The monoisotopic (exact) mass is 487 g/mol. The highest BCUT2D eigenvalue weighted by Gasteiger charge is 2.31. The Balaban J connectivity index is 1.61. The first kappa shape index (κ1) is 23.8. The van der Waals surface area contributed by atoms with E-state index in [4.69, 9.17) is 0 Å². The summed E-state index contributed by atoms with van der Waals surface area (Å²) in [6.45, 7) is 4.89. The summed E-state index contributed by atoms with van der Waals surface area (Å²) in [5.41, 5.74) is 2.16. The Bertz CT molecular complexity index is 1160. The molecule has 1 N–H and O–H groups in total. The van der Waals surface area contributed by atoms with Crippen LogP contribution in [0.25, 0.3) is 0 Å². The predicted molar refractivity (Wildman–Crippen MR) is 131 cm³/mol. The number of hydrogen-bond acceptors (Lipinski definition) is 5. The van der Waals surface area contributed by atoms with E-state index in [0.717, 1.165) is 23.3 Å². The summed E-state index contributed by atoms with van der Waals surface area (Å²) in [4.78, 5) is 28.0. The molecule has 2 aliphatic rings. The molecule has 0 atom stereocenters. The van der Waals surface area contributed by atoms with E-state index in [1.165, 1.54) is 21.0 Å². The number of anilines is 2. The Labute approximate surface area is 199 Å². The molecule has 0 bridgehead atoms. The number of nitrogens with zero attached hydrogens (tertiary/aromatic N) is 2. The van der Waals surface area contributed by atoms with Crippen molar-refractivity contribution in [2.24, 2.45) is 5.92 Å². The van der Waals surface area contributed by atoms with E-state index >= 15 is 0 Å². The number of rotatable bonds is 5. The first-order valence-corrected chi connectivity index (χ1v) is 13.6. The van der Waals surface area contributed by atoms with Gasteiger partial charge >= 0.3 is 0 Å². The van der Waals surface area contributed by atoms with Gasteiger partial charge in [0.15, 0.2) is 0 Å². The number of carbonyl (C=O) groups is 2. The second-order valence-corrected chi connectivity index (χ2v) is 11.8. The van der Waals surface area contributed by atoms with Crippen LogP contribution in [0.15, 0.2) is 52.3 Å². The van der Waals surface area contributed by atoms with Gasteiger partial charge in [0, 0.05) is 35.8 Å². The molecule has 4 rings (SSSR count). The van der Waals surface area contributed by atoms with Gasteiger partial charge in [-0.1, -0.05) is 19.1 Å². The van der Waals surface area contributed by atoms with Gasteiger partial charge in [0.05, 0.1) is 10.6 Å². The summed E-state index contributed by atoms with van der Waals surface area (Å²) in [5, 5.41) is 2.84. The summed E-state index contributed by atoms with van der Waals surface area (Å²) >= 11 is 1.50. The number of sulfonamides is 1. The molecule has 2 aromatic rings. The fourth-order valence-corrected chi connectivity index (χ4v) is 6.59. The van der Waals surface area contributed by atoms with Crippen LogP contribution in [0.2, 0.25) is 0 Å². The van der Waals surface area contributed by atoms with Crippen LogP contribution in [-0.2, 0) is 19.6 Å². The van der Waals surface area contributed by atoms with Gasteiger partial charge in [-0.15, -0.1) is 11.8 Å². The van der Waals surface area contributed by atoms with Gasteiger partial charge in [0.25, 0.3) is 0 Å². The van der Waals surface area contributed by atoms with Crippen molar-refractivity contribution in [3.05, 3.63) is 48.0 Å². The van der Waals surface area contributed by atoms with Crippen LogP contribution in [0.5, 0.6) is 0 Å². The van der Waals surface area contributed by atoms with Crippen molar-refractivity contribution in [2.45, 2.75) is 42.9 Å². The molecule has 33 heavy (non-hydrogen) atoms. The topological polar surface area (TPSA) is 86.8 Å². The Morgan fingerprint density at radius 2 is 1.91 bits per heavy atom. The van der Waals surface area contributed by atoms with Crippen molar-refractivity contribution in [2.75, 3.05) is 35.6 Å². The summed E-state index contributed by atoms with van der Waals surface area (Å²) in [6.07, 6.45) is 1.96. The zero-order chi connectivity index (χ0) is 23.6. The van der Waals surface area contributed by atoms with Crippen LogP contribution in [0.1, 0.15) is 31.7 Å². The SMILES string of the molecule is Cc1cccc(NC(=O)CN2C(=O)CCSc3ccc(S(=O)(=O)N4CCC(C)CC4)cc32)c1. The standard InChI is InChI=1S/C24H29N3O4S2/c1-17-8-11-26(12-9-17)33(30,31)20-6-7-22-21(15-20)27(24(29)10-13-32-22)16-23(28)25-19-5-3-4-18(2)14-19/h3-7,14-15,17H,8-13,16H2,1-2H3,(H,25,28). The minimum atomic E-state index is -3.67. The summed E-state index contributed by atoms with van der Waals surface area (Å²) in [5.74, 6) is 0.574. The number of nitrogens with one attached hydrogen (secondary N) is 1. The number of thioether (sulfide) groups is 1. The van der Waals surface area contributed by atoms with Crippen molar-refractivity contribution in [1.82, 2.24) is 4.31 Å². The molecule has 2 amide bonds. The van der Waals surface area contributed by atoms with Gasteiger partial charge in [-0.25, -0.2) is 8.42 Å². The van der Waals surface area contributed by atoms with E-state index in [0.29, 0.717) is 36.1 Å². The predicted octanol–water partition coefficient (Wildman–Crippen LogP) is 3.88. The van der Waals surface area contributed by atoms with E-state index < -0.39 is 10.0 Å². The molecule has 0 aromatic heterocycles. The first-order valence-electron chi connectivity index (χ1n) is 11.2. The van der Waals surface area contributed by atoms with Crippen LogP contribution in [-0.4, -0.2) is 49.9 Å². The minimum Gasteiger partial charge on any atom is -0.325 e. The smallest absolute Gasteiger partial charge is 0.244 e. The number of carbonyl (C=O) groups excluding carboxylic acids is 2. The Morgan fingerprint density at radius 3 is 2.64 bits per heavy atom. The van der Waals surface area contributed by atoms with Crippen molar-refractivity contribution < 1.29 is 18.0 Å². The van der Waals surface area contributed by atoms with Crippen molar-refractivity contribution in [3.8, 4) is 0 Å². The van der Waals surface area contributed by atoms with Crippen LogP contribution >= 0.6 is 11.8 Å². The van der Waals surface area contributed by atoms with E-state index in [1.54, 1.807) is 24.3 Å². The van der Waals surface area contributed by atoms with E-state index in [1.807, 2.05) is 25.1 Å². The Hall–Kier alpha value is -2.36. The average molecular weight is 488 g/mol. The highest BCUT2D eigenvalue weighted by atomic mass is 32.2. The lowest BCUT2D eigenvalue weighted by atomic mass is 10.0. The summed E-state index contributed by atoms with van der Waals surface area (Å²) < 4.78 is 28.1. The van der Waals surface area contributed by atoms with E-state index in [-0.39, 0.29) is 29.7 Å². The molecule has 0 saturated carbocycles. The molecule has 1 saturated heterocycles. The third-order valence-corrected chi connectivity index (χ3v) is 9.04. The molecule has 176 valence electrons. The molecule has 0 aliphatic carbocycles. The average Bonchev–Trinajstić information content (AvgIpc) is 2.92. The largest absolute Gasteiger partial charge is 0.325 e. The van der Waals surface area contributed by atoms with Crippen molar-refractivity contribution in [3.63, 3.8) is 0 Å². The first-order chi connectivity index (χ1) is 15.7. The van der Waals surface area contributed by atoms with E-state index in [2.05, 4.69) is 12.2 Å². The zero-order valence-corrected chi connectivity index (χ0v) is 20.5. The normalized spacial score (nSPS) is 18.0. The van der Waals surface area contributed by atoms with Crippen molar-refractivity contribution >= 4 is 45.0 Å². The number of aryl methyl sites for hydroxylation is 1. The Kier molecular flexibility index (Phi) is 7.11. The fraction of sp³-hybridized carbons (Fsp3) is 0.417. The zero-order valence-electron chi connectivity index (χ0n) is 18.9. The van der Waals surface area contributed by atoms with Crippen LogP contribution in [0.3, 0.4) is 0 Å². The van der Waals surface area contributed by atoms with Gasteiger partial charge in [-0.05, 0) is 61.6 Å². The number of fused-ring (bicyclic) bond motifs is 1. The molecule has 2 heterocycles. The van der Waals surface area contributed by atoms with Gasteiger partial charge in [0.2, 0.25) is 21.8 Å². The molecular weight excluding hydrogens is 458 g/mol. The van der Waals surface area contributed by atoms with Crippen LogP contribution in [0, 0.1) is 12.8 Å². The number of piperidine rings is 1. The number of hydrogen-bond donors (Lipinski definition) is 1. The molecule has 7 nitrogen and oxygen atoms in total. The summed E-state index contributed by atoms with van der Waals surface area (Å²) in [7, 11) is -3.67. The molecule has 2 aromatic carbocycles. The van der Waals surface area contributed by atoms with Gasteiger partial charge in [0.1, 0.15) is 6.54 Å². The number of amides is 2. The van der Waals surface area contributed by atoms with E-state index in [9.17, 15) is 18.0 Å². The summed E-state index contributed by atoms with van der Waals surface area (Å²) in [6, 6.07) is 12.4. The highest BCUT2D eigenvalue weighted by Crippen LogP contribution is 2.37. The second-order valence-electron chi connectivity index (χ2n) is 8.71. The molecule has 0 radical (unpaired) electrons. The molecule has 2 aliphatic heterocycles. The molecule has 9 heteroatoms. The van der Waals surface area contributed by atoms with Crippen LogP contribution < -0.4 is 10.2 Å². The van der Waals surface area contributed by atoms with Crippen molar-refractivity contribution in [1.29, 1.82) is 0 Å². The third kappa shape index (κ3) is 5.42. The fourth-order valence-electron chi connectivity index (χ4n) is 4.12. The molecule has 0 spiro atoms. The highest BCUT2D eigenvalue weighted by molar-refractivity contribution is 7.99. The lowest BCUT2D eigenvalue weighted by Gasteiger charge is -2.30. The van der Waals surface area contributed by atoms with Gasteiger partial charge in [-0.2, -0.15) is 4.31 Å². The lowest BCUT2D eigenvalue weighted by molar-refractivity contribution is -0.121. The quantitative estimate of drug-likeness (QED) is 0.692. The lowest BCUT2D eigenvalue weighted by Crippen LogP contribution is -2.39. The Morgan fingerprint density at radius 1 is 1.15 bits per heavy atom. The molecular formula is C24H29N3O4S2. The minimum absolute atomic E-state index is 0.162. The van der Waals surface area contributed by atoms with Crippen LogP contribution in [0.4, 0.5) is 11.4 Å². The maximum absolute atomic E-state index is 13.3. The van der Waals surface area contributed by atoms with Gasteiger partial charge in [-0.3, -0.25) is 9.59 Å². The number of benzene rings is 2. The third-order valence-electron chi connectivity index (χ3n) is 6.08.